The molecule has 13 heteroatoms. The molecule has 1 saturated carbocycles. The van der Waals surface area contributed by atoms with Crippen molar-refractivity contribution in [1.29, 1.82) is 0 Å². The molecule has 5 heterocycles. The maximum Gasteiger partial charge on any atom is 0.280 e. The first-order chi connectivity index (χ1) is 18.8. The molecule has 3 fully saturated rings. The summed E-state index contributed by atoms with van der Waals surface area (Å²) in [5.41, 5.74) is 2.72. The van der Waals surface area contributed by atoms with Gasteiger partial charge in [0, 0.05) is 41.6 Å². The molecule has 10 nitrogen and oxygen atoms in total. The minimum absolute atomic E-state index is 0.0904. The number of ether oxygens (including phenoxy) is 2. The van der Waals surface area contributed by atoms with Crippen molar-refractivity contribution >= 4 is 34.6 Å². The number of amides is 2. The molecule has 2 saturated heterocycles. The summed E-state index contributed by atoms with van der Waals surface area (Å²) >= 11 is 1.27. The number of hydrogen-bond acceptors (Lipinski definition) is 9. The Balaban J connectivity index is 1.33. The average molecular weight is 555 g/mol. The Labute approximate surface area is 226 Å². The number of rotatable bonds is 5. The summed E-state index contributed by atoms with van der Waals surface area (Å²) < 4.78 is 37.9. The second kappa shape index (κ2) is 10.1. The number of nitrogens with zero attached hydrogens (tertiary/aromatic N) is 4. The Bertz CT molecular complexity index is 1430. The number of hydrogen-bond donors (Lipinski definition) is 2. The third-order valence-electron chi connectivity index (χ3n) is 6.90. The van der Waals surface area contributed by atoms with Crippen LogP contribution in [0.2, 0.25) is 0 Å². The van der Waals surface area contributed by atoms with Gasteiger partial charge in [-0.2, -0.15) is 5.10 Å². The van der Waals surface area contributed by atoms with Gasteiger partial charge < -0.3 is 9.47 Å². The quantitative estimate of drug-likeness (QED) is 0.542. The summed E-state index contributed by atoms with van der Waals surface area (Å²) in [4.78, 5) is 36.0. The highest BCUT2D eigenvalue weighted by Crippen LogP contribution is 2.42. The first kappa shape index (κ1) is 25.5. The lowest BCUT2D eigenvalue weighted by Crippen LogP contribution is -2.44. The van der Waals surface area contributed by atoms with Gasteiger partial charge in [-0.1, -0.05) is 11.8 Å². The Morgan fingerprint density at radius 1 is 1.26 bits per heavy atom. The lowest BCUT2D eigenvalue weighted by Gasteiger charge is -2.36. The van der Waals surface area contributed by atoms with Crippen molar-refractivity contribution in [3.8, 4) is 28.7 Å². The average Bonchev–Trinajstić information content (AvgIpc) is 3.52. The van der Waals surface area contributed by atoms with Crippen molar-refractivity contribution in [2.75, 3.05) is 31.8 Å². The Morgan fingerprint density at radius 3 is 2.74 bits per heavy atom. The van der Waals surface area contributed by atoms with Gasteiger partial charge in [-0.15, -0.1) is 0 Å². The third-order valence-corrected chi connectivity index (χ3v) is 7.77. The summed E-state index contributed by atoms with van der Waals surface area (Å²) in [6.07, 6.45) is 2.21. The second-order valence-electron chi connectivity index (χ2n) is 9.91. The number of carbonyl (C=O) groups excluding carboxylic acids is 2. The third kappa shape index (κ3) is 5.14. The summed E-state index contributed by atoms with van der Waals surface area (Å²) in [6, 6.07) is 2.73. The van der Waals surface area contributed by atoms with Crippen LogP contribution in [-0.2, 0) is 9.53 Å². The van der Waals surface area contributed by atoms with E-state index in [0.29, 0.717) is 43.1 Å². The van der Waals surface area contributed by atoms with Gasteiger partial charge in [0.15, 0.2) is 10.5 Å². The van der Waals surface area contributed by atoms with Crippen molar-refractivity contribution < 1.29 is 27.8 Å². The van der Waals surface area contributed by atoms with Crippen molar-refractivity contribution in [2.24, 2.45) is 16.4 Å². The molecule has 2 N–H and O–H groups in total. The first-order valence-corrected chi connectivity index (χ1v) is 13.2. The van der Waals surface area contributed by atoms with Gasteiger partial charge in [0.25, 0.3) is 12.3 Å². The lowest BCUT2D eigenvalue weighted by molar-refractivity contribution is -0.126. The summed E-state index contributed by atoms with van der Waals surface area (Å²) in [5.74, 6) is 6.51. The summed E-state index contributed by atoms with van der Waals surface area (Å²) in [6.45, 7) is 1.39. The van der Waals surface area contributed by atoms with Crippen molar-refractivity contribution in [3.05, 3.63) is 35.8 Å². The number of anilines is 1. The predicted molar refractivity (Wildman–Crippen MR) is 139 cm³/mol. The number of hydrazone groups is 1. The molecule has 0 aromatic carbocycles. The van der Waals surface area contributed by atoms with E-state index >= 15 is 0 Å². The lowest BCUT2D eigenvalue weighted by atomic mass is 9.85. The number of aromatic nitrogens is 2. The van der Waals surface area contributed by atoms with E-state index in [4.69, 9.17) is 9.47 Å². The van der Waals surface area contributed by atoms with Crippen LogP contribution in [0.5, 0.6) is 5.75 Å². The Morgan fingerprint density at radius 2 is 2.08 bits per heavy atom. The predicted octanol–water partition coefficient (Wildman–Crippen LogP) is 2.92. The maximum atomic E-state index is 13.6. The molecule has 3 aliphatic heterocycles. The standard InChI is InChI=1S/C26H24F2N6O4S/c1-37-19-10-29-18(23(27)28)6-16(19)15-7-20(34-11-26(8-22(34)35)12-38-13-26)30-9-17(15)24(36)31-25-33-32-21(39-25)5-4-14-2-3-14/h6-7,9-10,14,21,23,32H,2-3,8,11-13H2,1H3,(H,31,33,36). The number of methoxy groups -OCH3 is 1. The van der Waals surface area contributed by atoms with Gasteiger partial charge in [0.2, 0.25) is 5.91 Å². The molecular formula is C26H24F2N6O4S. The van der Waals surface area contributed by atoms with E-state index in [-0.39, 0.29) is 39.1 Å². The van der Waals surface area contributed by atoms with E-state index in [1.54, 1.807) is 11.0 Å². The van der Waals surface area contributed by atoms with Crippen molar-refractivity contribution in [2.45, 2.75) is 31.1 Å². The van der Waals surface area contributed by atoms with Crippen LogP contribution in [0, 0.1) is 23.2 Å². The number of amidine groups is 1. The van der Waals surface area contributed by atoms with Gasteiger partial charge in [0.1, 0.15) is 17.3 Å². The van der Waals surface area contributed by atoms with Crippen LogP contribution in [0.3, 0.4) is 0 Å². The van der Waals surface area contributed by atoms with E-state index in [9.17, 15) is 18.4 Å². The SMILES string of the molecule is COc1cnc(C(F)F)cc1-c1cc(N2CC3(COC3)CC2=O)ncc1C(=O)NC1=NNC(C#CC2CC2)S1. The molecular weight excluding hydrogens is 530 g/mol. The topological polar surface area (TPSA) is 118 Å². The fraction of sp³-hybridized carbons (Fsp3) is 0.423. The van der Waals surface area contributed by atoms with Crippen LogP contribution in [0.4, 0.5) is 14.6 Å². The second-order valence-corrected chi connectivity index (χ2v) is 11.0. The number of nitrogens with one attached hydrogen (secondary N) is 2. The Kier molecular flexibility index (Phi) is 6.60. The molecule has 1 spiro atoms. The molecule has 2 aromatic rings. The smallest absolute Gasteiger partial charge is 0.280 e. The number of pyridine rings is 2. The minimum atomic E-state index is -2.84. The zero-order valence-electron chi connectivity index (χ0n) is 20.9. The van der Waals surface area contributed by atoms with Crippen LogP contribution in [0.1, 0.15) is 41.7 Å². The fourth-order valence-electron chi connectivity index (χ4n) is 4.62. The normalized spacial score (nSPS) is 21.2. The molecule has 2 aromatic heterocycles. The highest BCUT2D eigenvalue weighted by molar-refractivity contribution is 8.14. The van der Waals surface area contributed by atoms with Gasteiger partial charge in [0.05, 0.1) is 32.1 Å². The van der Waals surface area contributed by atoms with Crippen LogP contribution < -0.4 is 20.4 Å². The van der Waals surface area contributed by atoms with Gasteiger partial charge in [-0.05, 0) is 36.7 Å². The summed E-state index contributed by atoms with van der Waals surface area (Å²) in [7, 11) is 1.38. The summed E-state index contributed by atoms with van der Waals surface area (Å²) in [5, 5.41) is 6.94. The zero-order chi connectivity index (χ0) is 27.1. The minimum Gasteiger partial charge on any atom is -0.494 e. The van der Waals surface area contributed by atoms with Crippen LogP contribution in [-0.4, -0.2) is 59.2 Å². The van der Waals surface area contributed by atoms with Crippen LogP contribution >= 0.6 is 11.8 Å². The molecule has 2 amide bonds. The van der Waals surface area contributed by atoms with Gasteiger partial charge in [-0.25, -0.2) is 13.8 Å². The molecule has 0 bridgehead atoms. The van der Waals surface area contributed by atoms with Crippen LogP contribution in [0.25, 0.3) is 11.1 Å². The molecule has 202 valence electrons. The molecule has 1 aliphatic carbocycles. The van der Waals surface area contributed by atoms with E-state index in [1.165, 1.54) is 37.3 Å². The highest BCUT2D eigenvalue weighted by Gasteiger charge is 2.49. The Hall–Kier alpha value is -3.76. The number of alkyl halides is 2. The number of thioether (sulfide) groups is 1. The molecule has 6 rings (SSSR count). The highest BCUT2D eigenvalue weighted by atomic mass is 32.2. The molecule has 0 radical (unpaired) electrons. The zero-order valence-corrected chi connectivity index (χ0v) is 21.7. The first-order valence-electron chi connectivity index (χ1n) is 12.4. The van der Waals surface area contributed by atoms with Crippen LogP contribution in [0.15, 0.2) is 29.6 Å². The number of halogens is 2. The monoisotopic (exact) mass is 554 g/mol. The van der Waals surface area contributed by atoms with Crippen molar-refractivity contribution in [3.63, 3.8) is 0 Å². The molecule has 39 heavy (non-hydrogen) atoms. The van der Waals surface area contributed by atoms with E-state index in [2.05, 4.69) is 37.7 Å². The van der Waals surface area contributed by atoms with Gasteiger partial charge in [-0.3, -0.25) is 30.2 Å². The number of carbonyl (C=O) groups is 2. The van der Waals surface area contributed by atoms with Gasteiger partial charge >= 0.3 is 0 Å². The molecule has 1 unspecified atom stereocenters. The fourth-order valence-corrected chi connectivity index (χ4v) is 5.33. The van der Waals surface area contributed by atoms with E-state index in [0.717, 1.165) is 12.8 Å². The van der Waals surface area contributed by atoms with E-state index in [1.807, 2.05) is 0 Å². The molecule has 1 atom stereocenters. The molecule has 4 aliphatic rings. The largest absolute Gasteiger partial charge is 0.494 e. The van der Waals surface area contributed by atoms with E-state index < -0.39 is 18.0 Å². The van der Waals surface area contributed by atoms with Crippen molar-refractivity contribution in [1.82, 2.24) is 20.7 Å². The maximum absolute atomic E-state index is 13.6.